The molecule has 0 saturated carbocycles. The highest BCUT2D eigenvalue weighted by atomic mass is 35.5. The fourth-order valence-electron chi connectivity index (χ4n) is 1.03. The van der Waals surface area contributed by atoms with Crippen molar-refractivity contribution < 1.29 is 4.74 Å². The molecule has 0 aliphatic carbocycles. The number of benzene rings is 1. The van der Waals surface area contributed by atoms with E-state index in [4.69, 9.17) is 27.9 Å². The molecule has 1 aromatic carbocycles. The molecule has 1 rings (SSSR count). The summed E-state index contributed by atoms with van der Waals surface area (Å²) in [4.78, 5) is 3.87. The molecule has 70 valence electrons. The van der Waals surface area contributed by atoms with E-state index in [0.717, 1.165) is 5.56 Å². The number of aliphatic imine (C=N–C) groups is 1. The summed E-state index contributed by atoms with van der Waals surface area (Å²) in [6, 6.07) is 3.38. The summed E-state index contributed by atoms with van der Waals surface area (Å²) in [6.45, 7) is 0. The van der Waals surface area contributed by atoms with Crippen molar-refractivity contribution in [3.63, 3.8) is 0 Å². The summed E-state index contributed by atoms with van der Waals surface area (Å²) in [6.07, 6.45) is 1.65. The van der Waals surface area contributed by atoms with Crippen LogP contribution < -0.4 is 4.74 Å². The van der Waals surface area contributed by atoms with E-state index in [0.29, 0.717) is 15.8 Å². The Morgan fingerprint density at radius 1 is 1.38 bits per heavy atom. The zero-order valence-corrected chi connectivity index (χ0v) is 8.86. The van der Waals surface area contributed by atoms with Gasteiger partial charge in [-0.2, -0.15) is 0 Å². The van der Waals surface area contributed by atoms with Gasteiger partial charge in [0.15, 0.2) is 0 Å². The molecule has 0 amide bonds. The van der Waals surface area contributed by atoms with E-state index in [-0.39, 0.29) is 0 Å². The summed E-state index contributed by atoms with van der Waals surface area (Å²) in [5.41, 5.74) is 0.780. The molecule has 13 heavy (non-hydrogen) atoms. The quantitative estimate of drug-likeness (QED) is 0.699. The third-order valence-corrected chi connectivity index (χ3v) is 2.01. The van der Waals surface area contributed by atoms with Crippen LogP contribution >= 0.6 is 23.2 Å². The molecule has 0 bridgehead atoms. The van der Waals surface area contributed by atoms with Gasteiger partial charge in [0, 0.05) is 23.8 Å². The van der Waals surface area contributed by atoms with Crippen LogP contribution in [0, 0.1) is 0 Å². The van der Waals surface area contributed by atoms with Crippen LogP contribution in [0.15, 0.2) is 17.1 Å². The summed E-state index contributed by atoms with van der Waals surface area (Å²) in [5, 5.41) is 1.06. The fourth-order valence-corrected chi connectivity index (χ4v) is 1.62. The van der Waals surface area contributed by atoms with Crippen molar-refractivity contribution >= 4 is 29.4 Å². The Kier molecular flexibility index (Phi) is 3.58. The molecular formula is C9H9Cl2NO. The Balaban J connectivity index is 3.29. The Morgan fingerprint density at radius 2 is 2.08 bits per heavy atom. The lowest BCUT2D eigenvalue weighted by Gasteiger charge is -2.06. The molecule has 0 radical (unpaired) electrons. The third kappa shape index (κ3) is 2.36. The Morgan fingerprint density at radius 3 is 2.62 bits per heavy atom. The molecule has 0 atom stereocenters. The minimum Gasteiger partial charge on any atom is -0.495 e. The second-order valence-electron chi connectivity index (χ2n) is 2.40. The molecule has 0 unspecified atom stereocenters. The van der Waals surface area contributed by atoms with Gasteiger partial charge in [-0.1, -0.05) is 23.2 Å². The SMILES string of the molecule is CN=Cc1cc(Cl)cc(Cl)c1OC. The number of ether oxygens (including phenoxy) is 1. The summed E-state index contributed by atoms with van der Waals surface area (Å²) < 4.78 is 5.10. The van der Waals surface area contributed by atoms with E-state index in [1.807, 2.05) is 0 Å². The van der Waals surface area contributed by atoms with Gasteiger partial charge in [-0.05, 0) is 12.1 Å². The average Bonchev–Trinajstić information content (AvgIpc) is 2.04. The van der Waals surface area contributed by atoms with Crippen molar-refractivity contribution in [1.29, 1.82) is 0 Å². The average molecular weight is 218 g/mol. The normalized spacial score (nSPS) is 10.8. The lowest BCUT2D eigenvalue weighted by molar-refractivity contribution is 0.414. The van der Waals surface area contributed by atoms with Crippen LogP contribution in [-0.2, 0) is 0 Å². The lowest BCUT2D eigenvalue weighted by Crippen LogP contribution is -1.91. The van der Waals surface area contributed by atoms with E-state index < -0.39 is 0 Å². The molecule has 2 nitrogen and oxygen atoms in total. The molecule has 0 heterocycles. The second-order valence-corrected chi connectivity index (χ2v) is 3.24. The van der Waals surface area contributed by atoms with Crippen molar-refractivity contribution in [2.75, 3.05) is 14.2 Å². The minimum atomic E-state index is 0.491. The molecule has 4 heteroatoms. The lowest BCUT2D eigenvalue weighted by atomic mass is 10.2. The molecular weight excluding hydrogens is 209 g/mol. The van der Waals surface area contributed by atoms with Crippen molar-refractivity contribution in [2.45, 2.75) is 0 Å². The Labute approximate surface area is 87.1 Å². The van der Waals surface area contributed by atoms with E-state index in [2.05, 4.69) is 4.99 Å². The first kappa shape index (κ1) is 10.4. The maximum atomic E-state index is 5.90. The maximum Gasteiger partial charge on any atom is 0.146 e. The van der Waals surface area contributed by atoms with E-state index in [1.54, 1.807) is 32.5 Å². The van der Waals surface area contributed by atoms with Crippen molar-refractivity contribution in [1.82, 2.24) is 0 Å². The number of rotatable bonds is 2. The number of hydrogen-bond acceptors (Lipinski definition) is 2. The zero-order chi connectivity index (χ0) is 9.84. The van der Waals surface area contributed by atoms with Crippen molar-refractivity contribution in [2.24, 2.45) is 4.99 Å². The van der Waals surface area contributed by atoms with Crippen LogP contribution in [0.25, 0.3) is 0 Å². The van der Waals surface area contributed by atoms with Crippen molar-refractivity contribution in [3.05, 3.63) is 27.7 Å². The maximum absolute atomic E-state index is 5.90. The molecule has 0 fully saturated rings. The minimum absolute atomic E-state index is 0.491. The molecule has 1 aromatic rings. The van der Waals surface area contributed by atoms with Crippen LogP contribution in [0.5, 0.6) is 5.75 Å². The van der Waals surface area contributed by atoms with Gasteiger partial charge in [-0.15, -0.1) is 0 Å². The van der Waals surface area contributed by atoms with Gasteiger partial charge < -0.3 is 4.74 Å². The van der Waals surface area contributed by atoms with Crippen LogP contribution in [0.2, 0.25) is 10.0 Å². The van der Waals surface area contributed by atoms with Gasteiger partial charge in [-0.25, -0.2) is 0 Å². The molecule has 0 aliphatic rings. The van der Waals surface area contributed by atoms with Crippen molar-refractivity contribution in [3.8, 4) is 5.75 Å². The van der Waals surface area contributed by atoms with E-state index in [1.165, 1.54) is 0 Å². The van der Waals surface area contributed by atoms with E-state index in [9.17, 15) is 0 Å². The van der Waals surface area contributed by atoms with E-state index >= 15 is 0 Å². The number of hydrogen-bond donors (Lipinski definition) is 0. The van der Waals surface area contributed by atoms with Crippen LogP contribution in [0.3, 0.4) is 0 Å². The van der Waals surface area contributed by atoms with Gasteiger partial charge in [0.1, 0.15) is 5.75 Å². The highest BCUT2D eigenvalue weighted by molar-refractivity contribution is 6.36. The third-order valence-electron chi connectivity index (χ3n) is 1.51. The van der Waals surface area contributed by atoms with Gasteiger partial charge in [0.25, 0.3) is 0 Å². The summed E-state index contributed by atoms with van der Waals surface area (Å²) >= 11 is 11.7. The van der Waals surface area contributed by atoms with Crippen LogP contribution in [0.1, 0.15) is 5.56 Å². The fraction of sp³-hybridized carbons (Fsp3) is 0.222. The smallest absolute Gasteiger partial charge is 0.146 e. The molecule has 0 saturated heterocycles. The Bertz CT molecular complexity index is 337. The molecule has 0 aromatic heterocycles. The predicted octanol–water partition coefficient (Wildman–Crippen LogP) is 3.05. The standard InChI is InChI=1S/C9H9Cl2NO/c1-12-5-6-3-7(10)4-8(11)9(6)13-2/h3-5H,1-2H3. The van der Waals surface area contributed by atoms with Crippen LogP contribution in [-0.4, -0.2) is 20.4 Å². The largest absolute Gasteiger partial charge is 0.495 e. The van der Waals surface area contributed by atoms with Gasteiger partial charge in [0.2, 0.25) is 0 Å². The number of nitrogens with zero attached hydrogens (tertiary/aromatic N) is 1. The highest BCUT2D eigenvalue weighted by Crippen LogP contribution is 2.30. The summed E-state index contributed by atoms with van der Waals surface area (Å²) in [5.74, 6) is 0.594. The first-order valence-electron chi connectivity index (χ1n) is 3.64. The number of methoxy groups -OCH3 is 1. The predicted molar refractivity (Wildman–Crippen MR) is 56.5 cm³/mol. The van der Waals surface area contributed by atoms with Crippen LogP contribution in [0.4, 0.5) is 0 Å². The number of halogens is 2. The molecule has 0 N–H and O–H groups in total. The second kappa shape index (κ2) is 4.49. The summed E-state index contributed by atoms with van der Waals surface area (Å²) in [7, 11) is 3.23. The Hall–Kier alpha value is -0.730. The first-order chi connectivity index (χ1) is 6.19. The molecule has 0 aliphatic heterocycles. The highest BCUT2D eigenvalue weighted by Gasteiger charge is 2.07. The molecule has 0 spiro atoms. The van der Waals surface area contributed by atoms with Gasteiger partial charge >= 0.3 is 0 Å². The zero-order valence-electron chi connectivity index (χ0n) is 7.34. The topological polar surface area (TPSA) is 21.6 Å². The van der Waals surface area contributed by atoms with Gasteiger partial charge in [0.05, 0.1) is 12.1 Å². The first-order valence-corrected chi connectivity index (χ1v) is 4.40. The van der Waals surface area contributed by atoms with Gasteiger partial charge in [-0.3, -0.25) is 4.99 Å². The monoisotopic (exact) mass is 217 g/mol.